The number of nitrogens with one attached hydrogen (secondary N) is 1. The van der Waals surface area contributed by atoms with Gasteiger partial charge in [-0.15, -0.1) is 0 Å². The maximum absolute atomic E-state index is 13.0. The smallest absolute Gasteiger partial charge is 0.460 e. The quantitative estimate of drug-likeness (QED) is 0.863. The standard InChI is InChI=1S/C11H8F7NO2/c1-21-7-4-2-3-6(5-7)19-8(20)9(12,13)10(14,15)11(16,17)18/h2-5H,1H3,(H,19,20). The molecule has 0 aliphatic rings. The molecule has 0 aromatic heterocycles. The molecule has 1 amide bonds. The number of benzene rings is 1. The van der Waals surface area contributed by atoms with Crippen LogP contribution in [0.4, 0.5) is 36.4 Å². The molecule has 3 nitrogen and oxygen atoms in total. The molecule has 0 spiro atoms. The van der Waals surface area contributed by atoms with Crippen LogP contribution in [-0.4, -0.2) is 31.0 Å². The van der Waals surface area contributed by atoms with Crippen molar-refractivity contribution in [2.75, 3.05) is 12.4 Å². The van der Waals surface area contributed by atoms with Crippen LogP contribution in [0.1, 0.15) is 0 Å². The summed E-state index contributed by atoms with van der Waals surface area (Å²) in [7, 11) is 1.20. The van der Waals surface area contributed by atoms with Gasteiger partial charge in [0.05, 0.1) is 7.11 Å². The molecule has 10 heteroatoms. The molecule has 118 valence electrons. The summed E-state index contributed by atoms with van der Waals surface area (Å²) in [5.74, 6) is -15.2. The minimum Gasteiger partial charge on any atom is -0.497 e. The van der Waals surface area contributed by atoms with E-state index in [1.165, 1.54) is 24.6 Å². The van der Waals surface area contributed by atoms with Crippen LogP contribution in [0.3, 0.4) is 0 Å². The van der Waals surface area contributed by atoms with Crippen molar-refractivity contribution in [1.29, 1.82) is 0 Å². The highest BCUT2D eigenvalue weighted by Gasteiger charge is 2.76. The first-order valence-corrected chi connectivity index (χ1v) is 5.21. The summed E-state index contributed by atoms with van der Waals surface area (Å²) >= 11 is 0. The maximum atomic E-state index is 13.0. The van der Waals surface area contributed by atoms with Crippen molar-refractivity contribution >= 4 is 11.6 Å². The monoisotopic (exact) mass is 319 g/mol. The van der Waals surface area contributed by atoms with Gasteiger partial charge in [-0.05, 0) is 12.1 Å². The summed E-state index contributed by atoms with van der Waals surface area (Å²) in [5, 5.41) is 1.29. The summed E-state index contributed by atoms with van der Waals surface area (Å²) in [6, 6.07) is 4.55. The SMILES string of the molecule is COc1cccc(NC(=O)C(F)(F)C(F)(F)C(F)(F)F)c1. The number of hydrogen-bond acceptors (Lipinski definition) is 2. The molecular weight excluding hydrogens is 311 g/mol. The third-order valence-corrected chi connectivity index (χ3v) is 2.36. The van der Waals surface area contributed by atoms with E-state index in [1.807, 2.05) is 0 Å². The Bertz CT molecular complexity index is 528. The lowest BCUT2D eigenvalue weighted by molar-refractivity contribution is -0.343. The Hall–Kier alpha value is -2.00. The summed E-state index contributed by atoms with van der Waals surface area (Å²) in [6.45, 7) is 0. The normalized spacial score (nSPS) is 13.0. The van der Waals surface area contributed by atoms with Gasteiger partial charge in [-0.2, -0.15) is 30.7 Å². The number of hydrogen-bond donors (Lipinski definition) is 1. The number of alkyl halides is 7. The van der Waals surface area contributed by atoms with E-state index in [9.17, 15) is 35.5 Å². The third-order valence-electron chi connectivity index (χ3n) is 2.36. The Balaban J connectivity index is 3.01. The van der Waals surface area contributed by atoms with Crippen LogP contribution in [0.5, 0.6) is 5.75 Å². The van der Waals surface area contributed by atoms with Gasteiger partial charge in [-0.1, -0.05) is 6.07 Å². The molecular formula is C11H8F7NO2. The molecule has 0 saturated heterocycles. The molecule has 1 rings (SSSR count). The number of methoxy groups -OCH3 is 1. The lowest BCUT2D eigenvalue weighted by Crippen LogP contribution is -2.57. The van der Waals surface area contributed by atoms with Crippen molar-refractivity contribution in [3.05, 3.63) is 24.3 Å². The Labute approximate surface area is 113 Å². The average molecular weight is 319 g/mol. The van der Waals surface area contributed by atoms with E-state index in [0.29, 0.717) is 0 Å². The number of carbonyl (C=O) groups is 1. The maximum Gasteiger partial charge on any atom is 0.460 e. The molecule has 0 unspecified atom stereocenters. The zero-order valence-electron chi connectivity index (χ0n) is 10.3. The van der Waals surface area contributed by atoms with Gasteiger partial charge in [0.1, 0.15) is 5.75 Å². The van der Waals surface area contributed by atoms with Crippen LogP contribution in [0, 0.1) is 0 Å². The zero-order chi connectivity index (χ0) is 16.5. The molecule has 0 heterocycles. The molecule has 0 fully saturated rings. The fraction of sp³-hybridized carbons (Fsp3) is 0.364. The van der Waals surface area contributed by atoms with Crippen molar-refractivity contribution in [3.8, 4) is 5.75 Å². The van der Waals surface area contributed by atoms with Crippen LogP contribution in [0.15, 0.2) is 24.3 Å². The van der Waals surface area contributed by atoms with Crippen molar-refractivity contribution in [3.63, 3.8) is 0 Å². The van der Waals surface area contributed by atoms with E-state index in [0.717, 1.165) is 12.1 Å². The second-order valence-corrected chi connectivity index (χ2v) is 3.83. The third kappa shape index (κ3) is 3.19. The topological polar surface area (TPSA) is 38.3 Å². The van der Waals surface area contributed by atoms with Gasteiger partial charge < -0.3 is 10.1 Å². The van der Waals surface area contributed by atoms with Gasteiger partial charge in [0.2, 0.25) is 0 Å². The fourth-order valence-electron chi connectivity index (χ4n) is 1.23. The number of halogens is 7. The molecule has 1 aromatic carbocycles. The second-order valence-electron chi connectivity index (χ2n) is 3.83. The molecule has 0 aliphatic carbocycles. The molecule has 0 atom stereocenters. The molecule has 0 bridgehead atoms. The minimum atomic E-state index is -6.57. The van der Waals surface area contributed by atoms with Crippen LogP contribution >= 0.6 is 0 Å². The predicted molar refractivity (Wildman–Crippen MR) is 57.6 cm³/mol. The molecule has 1 N–H and O–H groups in total. The van der Waals surface area contributed by atoms with Crippen LogP contribution in [0.2, 0.25) is 0 Å². The molecule has 0 radical (unpaired) electrons. The molecule has 0 aliphatic heterocycles. The number of amides is 1. The van der Waals surface area contributed by atoms with Crippen LogP contribution in [0.25, 0.3) is 0 Å². The van der Waals surface area contributed by atoms with Gasteiger partial charge in [-0.25, -0.2) is 0 Å². The van der Waals surface area contributed by atoms with Crippen molar-refractivity contribution in [2.24, 2.45) is 0 Å². The first kappa shape index (κ1) is 17.1. The molecule has 21 heavy (non-hydrogen) atoms. The van der Waals surface area contributed by atoms with Crippen LogP contribution in [-0.2, 0) is 4.79 Å². The first-order chi connectivity index (χ1) is 9.43. The first-order valence-electron chi connectivity index (χ1n) is 5.21. The summed E-state index contributed by atoms with van der Waals surface area (Å²) in [6.07, 6.45) is -6.57. The highest BCUT2D eigenvalue weighted by molar-refractivity contribution is 5.97. The lowest BCUT2D eigenvalue weighted by Gasteiger charge is -2.27. The Kier molecular flexibility index (Phi) is 4.40. The van der Waals surface area contributed by atoms with Gasteiger partial charge in [0.15, 0.2) is 0 Å². The Morgan fingerprint density at radius 2 is 1.67 bits per heavy atom. The zero-order valence-corrected chi connectivity index (χ0v) is 10.3. The van der Waals surface area contributed by atoms with E-state index in [4.69, 9.17) is 0 Å². The summed E-state index contributed by atoms with van der Waals surface area (Å²) < 4.78 is 91.8. The Morgan fingerprint density at radius 3 is 2.14 bits per heavy atom. The van der Waals surface area contributed by atoms with Gasteiger partial charge in [-0.3, -0.25) is 4.79 Å². The predicted octanol–water partition coefficient (Wildman–Crippen LogP) is 3.47. The molecule has 1 aromatic rings. The van der Waals surface area contributed by atoms with Crippen molar-refractivity contribution in [1.82, 2.24) is 0 Å². The highest BCUT2D eigenvalue weighted by atomic mass is 19.4. The average Bonchev–Trinajstić information content (AvgIpc) is 2.37. The number of ether oxygens (including phenoxy) is 1. The summed E-state index contributed by atoms with van der Waals surface area (Å²) in [5.41, 5.74) is -0.419. The van der Waals surface area contributed by atoms with Gasteiger partial charge in [0.25, 0.3) is 0 Å². The van der Waals surface area contributed by atoms with E-state index in [2.05, 4.69) is 4.74 Å². The Morgan fingerprint density at radius 1 is 1.10 bits per heavy atom. The van der Waals surface area contributed by atoms with Gasteiger partial charge >= 0.3 is 23.9 Å². The van der Waals surface area contributed by atoms with E-state index in [-0.39, 0.29) is 5.75 Å². The number of anilines is 1. The lowest BCUT2D eigenvalue weighted by atomic mass is 10.1. The van der Waals surface area contributed by atoms with E-state index in [1.54, 1.807) is 0 Å². The summed E-state index contributed by atoms with van der Waals surface area (Å²) in [4.78, 5) is 11.0. The minimum absolute atomic E-state index is 0.0821. The van der Waals surface area contributed by atoms with Crippen molar-refractivity contribution < 1.29 is 40.3 Å². The van der Waals surface area contributed by atoms with E-state index >= 15 is 0 Å². The number of rotatable bonds is 4. The largest absolute Gasteiger partial charge is 0.497 e. The number of carbonyl (C=O) groups excluding carboxylic acids is 1. The van der Waals surface area contributed by atoms with E-state index < -0.39 is 29.6 Å². The molecule has 0 saturated carbocycles. The van der Waals surface area contributed by atoms with Crippen LogP contribution < -0.4 is 10.1 Å². The fourth-order valence-corrected chi connectivity index (χ4v) is 1.23. The van der Waals surface area contributed by atoms with Crippen molar-refractivity contribution in [2.45, 2.75) is 18.0 Å². The van der Waals surface area contributed by atoms with Gasteiger partial charge in [0, 0.05) is 11.8 Å². The second kappa shape index (κ2) is 5.41. The highest BCUT2D eigenvalue weighted by Crippen LogP contribution is 2.46.